The molecule has 208 valence electrons. The number of carbonyl (C=O) groups excluding carboxylic acids is 2. The number of sulfonamides is 1. The van der Waals surface area contributed by atoms with Gasteiger partial charge in [-0.05, 0) is 55.2 Å². The van der Waals surface area contributed by atoms with Crippen LogP contribution in [0.2, 0.25) is 0 Å². The van der Waals surface area contributed by atoms with Crippen molar-refractivity contribution in [2.75, 3.05) is 23.7 Å². The smallest absolute Gasteiger partial charge is 0.244 e. The molecule has 0 aliphatic heterocycles. The molecule has 0 fully saturated rings. The van der Waals surface area contributed by atoms with E-state index in [0.717, 1.165) is 43.7 Å². The van der Waals surface area contributed by atoms with Gasteiger partial charge in [-0.15, -0.1) is 0 Å². The Morgan fingerprint density at radius 2 is 1.64 bits per heavy atom. The van der Waals surface area contributed by atoms with Crippen LogP contribution in [0.5, 0.6) is 0 Å². The molecule has 3 aromatic rings. The Labute approximate surface area is 240 Å². The van der Waals surface area contributed by atoms with Crippen LogP contribution in [0.25, 0.3) is 0 Å². The second kappa shape index (κ2) is 13.8. The minimum atomic E-state index is -3.80. The first-order chi connectivity index (χ1) is 18.5. The number of hydrogen-bond acceptors (Lipinski definition) is 4. The Hall–Kier alpha value is -3.17. The highest BCUT2D eigenvalue weighted by atomic mass is 79.9. The zero-order chi connectivity index (χ0) is 28.6. The molecule has 7 nitrogen and oxygen atoms in total. The second-order valence-electron chi connectivity index (χ2n) is 9.71. The van der Waals surface area contributed by atoms with E-state index in [1.807, 2.05) is 75.4 Å². The standard InChI is InChI=1S/C30H36BrN3O4S/c1-5-16-32-30(36)28(19-24-11-7-6-8-12-24)33(20-25-13-9-10-22(2)17-25)29(35)21-34(39(4,37)38)26-14-15-27(31)23(3)18-26/h6-15,17-18,28H,5,16,19-21H2,1-4H3,(H,32,36)/t28-/m0/s1. The number of halogens is 1. The maximum absolute atomic E-state index is 14.1. The van der Waals surface area contributed by atoms with Crippen LogP contribution in [0, 0.1) is 13.8 Å². The molecule has 0 aliphatic rings. The summed E-state index contributed by atoms with van der Waals surface area (Å²) in [4.78, 5) is 29.1. The van der Waals surface area contributed by atoms with E-state index in [1.165, 1.54) is 4.90 Å². The van der Waals surface area contributed by atoms with E-state index in [4.69, 9.17) is 0 Å². The highest BCUT2D eigenvalue weighted by Crippen LogP contribution is 2.25. The van der Waals surface area contributed by atoms with Gasteiger partial charge in [0.2, 0.25) is 21.8 Å². The first-order valence-corrected chi connectivity index (χ1v) is 15.5. The Morgan fingerprint density at radius 3 is 2.26 bits per heavy atom. The molecule has 3 aromatic carbocycles. The summed E-state index contributed by atoms with van der Waals surface area (Å²) in [6.45, 7) is 5.99. The summed E-state index contributed by atoms with van der Waals surface area (Å²) in [5, 5.41) is 2.94. The summed E-state index contributed by atoms with van der Waals surface area (Å²) in [5.41, 5.74) is 4.01. The van der Waals surface area contributed by atoms with Crippen molar-refractivity contribution in [3.05, 3.63) is 99.5 Å². The number of aryl methyl sites for hydroxylation is 2. The van der Waals surface area contributed by atoms with Gasteiger partial charge >= 0.3 is 0 Å². The SMILES string of the molecule is CCCNC(=O)[C@H](Cc1ccccc1)N(Cc1cccc(C)c1)C(=O)CN(c1ccc(Br)c(C)c1)S(C)(=O)=O. The number of benzene rings is 3. The highest BCUT2D eigenvalue weighted by Gasteiger charge is 2.33. The quantitative estimate of drug-likeness (QED) is 0.311. The van der Waals surface area contributed by atoms with Gasteiger partial charge < -0.3 is 10.2 Å². The van der Waals surface area contributed by atoms with Gasteiger partial charge in [-0.3, -0.25) is 13.9 Å². The lowest BCUT2D eigenvalue weighted by Crippen LogP contribution is -2.53. The minimum Gasteiger partial charge on any atom is -0.354 e. The first kappa shape index (κ1) is 30.4. The van der Waals surface area contributed by atoms with Crippen LogP contribution in [0.4, 0.5) is 5.69 Å². The van der Waals surface area contributed by atoms with E-state index in [0.29, 0.717) is 18.7 Å². The molecule has 0 radical (unpaired) electrons. The lowest BCUT2D eigenvalue weighted by Gasteiger charge is -2.33. The summed E-state index contributed by atoms with van der Waals surface area (Å²) in [6, 6.07) is 21.6. The topological polar surface area (TPSA) is 86.8 Å². The Bertz CT molecular complexity index is 1400. The predicted octanol–water partition coefficient (Wildman–Crippen LogP) is 5.00. The van der Waals surface area contributed by atoms with Crippen LogP contribution in [0.1, 0.15) is 35.6 Å². The van der Waals surface area contributed by atoms with Crippen molar-refractivity contribution in [2.24, 2.45) is 0 Å². The molecular formula is C30H36BrN3O4S. The molecule has 0 heterocycles. The lowest BCUT2D eigenvalue weighted by atomic mass is 10.0. The molecule has 2 amide bonds. The van der Waals surface area contributed by atoms with Gasteiger partial charge in [0.15, 0.2) is 0 Å². The zero-order valence-corrected chi connectivity index (χ0v) is 25.3. The third-order valence-electron chi connectivity index (χ3n) is 6.36. The molecule has 9 heteroatoms. The fourth-order valence-corrected chi connectivity index (χ4v) is 5.41. The van der Waals surface area contributed by atoms with Crippen LogP contribution in [-0.4, -0.2) is 50.5 Å². The molecule has 0 aromatic heterocycles. The number of carbonyl (C=O) groups is 2. The van der Waals surface area contributed by atoms with Crippen LogP contribution < -0.4 is 9.62 Å². The molecule has 0 saturated heterocycles. The van der Waals surface area contributed by atoms with E-state index < -0.39 is 28.5 Å². The maximum Gasteiger partial charge on any atom is 0.244 e. The molecule has 0 unspecified atom stereocenters. The van der Waals surface area contributed by atoms with E-state index in [1.54, 1.807) is 18.2 Å². The summed E-state index contributed by atoms with van der Waals surface area (Å²) in [7, 11) is -3.80. The Morgan fingerprint density at radius 1 is 0.949 bits per heavy atom. The third kappa shape index (κ3) is 8.66. The van der Waals surface area contributed by atoms with Crippen molar-refractivity contribution in [3.63, 3.8) is 0 Å². The highest BCUT2D eigenvalue weighted by molar-refractivity contribution is 9.10. The largest absolute Gasteiger partial charge is 0.354 e. The van der Waals surface area contributed by atoms with Gasteiger partial charge in [0.25, 0.3) is 0 Å². The number of nitrogens with zero attached hydrogens (tertiary/aromatic N) is 2. The number of anilines is 1. The van der Waals surface area contributed by atoms with Crippen LogP contribution in [0.15, 0.2) is 77.3 Å². The summed E-state index contributed by atoms with van der Waals surface area (Å²) in [6.07, 6.45) is 2.13. The maximum atomic E-state index is 14.1. The van der Waals surface area contributed by atoms with Gasteiger partial charge in [-0.2, -0.15) is 0 Å². The molecule has 0 bridgehead atoms. The Kier molecular flexibility index (Phi) is 10.7. The van der Waals surface area contributed by atoms with E-state index >= 15 is 0 Å². The molecule has 0 spiro atoms. The van der Waals surface area contributed by atoms with Crippen molar-refractivity contribution in [2.45, 2.75) is 46.2 Å². The lowest BCUT2D eigenvalue weighted by molar-refractivity contribution is -0.140. The van der Waals surface area contributed by atoms with Crippen molar-refractivity contribution in [1.82, 2.24) is 10.2 Å². The zero-order valence-electron chi connectivity index (χ0n) is 22.9. The molecule has 3 rings (SSSR count). The first-order valence-electron chi connectivity index (χ1n) is 12.9. The average molecular weight is 615 g/mol. The molecule has 1 atom stereocenters. The second-order valence-corrected chi connectivity index (χ2v) is 12.5. The monoisotopic (exact) mass is 613 g/mol. The molecular weight excluding hydrogens is 578 g/mol. The van der Waals surface area contributed by atoms with Crippen molar-refractivity contribution in [1.29, 1.82) is 0 Å². The van der Waals surface area contributed by atoms with Crippen LogP contribution >= 0.6 is 15.9 Å². The van der Waals surface area contributed by atoms with Crippen molar-refractivity contribution >= 4 is 43.5 Å². The van der Waals surface area contributed by atoms with Crippen LogP contribution in [-0.2, 0) is 32.6 Å². The summed E-state index contributed by atoms with van der Waals surface area (Å²) >= 11 is 3.45. The summed E-state index contributed by atoms with van der Waals surface area (Å²) in [5.74, 6) is -0.734. The fourth-order valence-electron chi connectivity index (χ4n) is 4.32. The molecule has 0 aliphatic carbocycles. The fraction of sp³-hybridized carbons (Fsp3) is 0.333. The molecule has 1 N–H and O–H groups in total. The Balaban J connectivity index is 2.05. The number of amides is 2. The minimum absolute atomic E-state index is 0.161. The number of rotatable bonds is 12. The van der Waals surface area contributed by atoms with Gasteiger partial charge in [0.1, 0.15) is 12.6 Å². The number of nitrogens with one attached hydrogen (secondary N) is 1. The molecule has 0 saturated carbocycles. The van der Waals surface area contributed by atoms with Gasteiger partial charge in [-0.25, -0.2) is 8.42 Å². The predicted molar refractivity (Wildman–Crippen MR) is 160 cm³/mol. The van der Waals surface area contributed by atoms with E-state index in [9.17, 15) is 18.0 Å². The summed E-state index contributed by atoms with van der Waals surface area (Å²) < 4.78 is 27.7. The van der Waals surface area contributed by atoms with Crippen molar-refractivity contribution < 1.29 is 18.0 Å². The average Bonchev–Trinajstić information content (AvgIpc) is 2.89. The van der Waals surface area contributed by atoms with E-state index in [2.05, 4.69) is 21.2 Å². The van der Waals surface area contributed by atoms with Crippen molar-refractivity contribution in [3.8, 4) is 0 Å². The number of hydrogen-bond donors (Lipinski definition) is 1. The van der Waals surface area contributed by atoms with E-state index in [-0.39, 0.29) is 12.5 Å². The van der Waals surface area contributed by atoms with Gasteiger partial charge in [0, 0.05) is 24.0 Å². The third-order valence-corrected chi connectivity index (χ3v) is 8.39. The normalized spacial score (nSPS) is 12.0. The molecule has 39 heavy (non-hydrogen) atoms. The van der Waals surface area contributed by atoms with Gasteiger partial charge in [0.05, 0.1) is 11.9 Å². The van der Waals surface area contributed by atoms with Gasteiger partial charge in [-0.1, -0.05) is 83.0 Å². The van der Waals surface area contributed by atoms with Crippen LogP contribution in [0.3, 0.4) is 0 Å².